The number of aryl methyl sites for hydroxylation is 1. The van der Waals surface area contributed by atoms with Gasteiger partial charge in [0.05, 0.1) is 16.5 Å². The highest BCUT2D eigenvalue weighted by atomic mass is 19.4. The molecule has 10 heteroatoms. The Kier molecular flexibility index (Phi) is 6.49. The Morgan fingerprint density at radius 2 is 1.77 bits per heavy atom. The third-order valence-corrected chi connectivity index (χ3v) is 5.48. The van der Waals surface area contributed by atoms with Crippen molar-refractivity contribution in [2.24, 2.45) is 0 Å². The Labute approximate surface area is 177 Å². The summed E-state index contributed by atoms with van der Waals surface area (Å²) >= 11 is 0. The van der Waals surface area contributed by atoms with E-state index in [0.717, 1.165) is 23.4 Å². The van der Waals surface area contributed by atoms with Crippen LogP contribution >= 0.6 is 0 Å². The molecule has 1 heterocycles. The third-order valence-electron chi connectivity index (χ3n) is 5.48. The molecule has 1 amide bonds. The maximum absolute atomic E-state index is 12.9. The first kappa shape index (κ1) is 22.5. The number of nitrogens with one attached hydrogen (secondary N) is 1. The van der Waals surface area contributed by atoms with Gasteiger partial charge in [0.15, 0.2) is 0 Å². The predicted molar refractivity (Wildman–Crippen MR) is 111 cm³/mol. The fraction of sp³-hybridized carbons (Fsp3) is 0.381. The van der Waals surface area contributed by atoms with E-state index in [1.54, 1.807) is 11.8 Å². The van der Waals surface area contributed by atoms with E-state index in [4.69, 9.17) is 0 Å². The largest absolute Gasteiger partial charge is 0.416 e. The summed E-state index contributed by atoms with van der Waals surface area (Å²) in [4.78, 5) is 26.8. The van der Waals surface area contributed by atoms with Gasteiger partial charge in [0.1, 0.15) is 5.69 Å². The van der Waals surface area contributed by atoms with Gasteiger partial charge in [-0.2, -0.15) is 13.2 Å². The number of nitro groups is 1. The quantitative estimate of drug-likeness (QED) is 0.565. The number of alkyl halides is 3. The number of piperazine rings is 1. The number of benzene rings is 2. The lowest BCUT2D eigenvalue weighted by Gasteiger charge is -2.38. The van der Waals surface area contributed by atoms with Crippen LogP contribution in [-0.4, -0.2) is 48.0 Å². The molecule has 1 N–H and O–H groups in total. The Hall–Kier alpha value is -3.14. The molecule has 0 spiro atoms. The second-order valence-corrected chi connectivity index (χ2v) is 7.46. The monoisotopic (exact) mass is 436 g/mol. The standard InChI is InChI=1S/C21H23F3N4O3/c1-14-5-3-4-6-17(14)25-20(29)15(2)26-9-11-27(12-10-26)18-8-7-16(21(22,23)24)13-19(18)28(30)31/h3-8,13,15H,9-12H2,1-2H3,(H,25,29). The number of halogens is 3. The number of carbonyl (C=O) groups is 1. The summed E-state index contributed by atoms with van der Waals surface area (Å²) in [6.45, 7) is 5.28. The summed E-state index contributed by atoms with van der Waals surface area (Å²) < 4.78 is 38.8. The lowest BCUT2D eigenvalue weighted by molar-refractivity contribution is -0.384. The molecule has 1 aliphatic heterocycles. The number of hydrogen-bond acceptors (Lipinski definition) is 5. The molecule has 166 valence electrons. The second-order valence-electron chi connectivity index (χ2n) is 7.46. The molecule has 0 radical (unpaired) electrons. The van der Waals surface area contributed by atoms with E-state index in [9.17, 15) is 28.1 Å². The SMILES string of the molecule is Cc1ccccc1NC(=O)C(C)N1CCN(c2ccc(C(F)(F)F)cc2[N+](=O)[O-])CC1. The minimum absolute atomic E-state index is 0.148. The zero-order chi connectivity index (χ0) is 22.8. The van der Waals surface area contributed by atoms with Gasteiger partial charge in [-0.1, -0.05) is 18.2 Å². The van der Waals surface area contributed by atoms with Crippen molar-refractivity contribution >= 4 is 23.0 Å². The topological polar surface area (TPSA) is 78.7 Å². The average molecular weight is 436 g/mol. The maximum Gasteiger partial charge on any atom is 0.416 e. The van der Waals surface area contributed by atoms with Gasteiger partial charge in [-0.25, -0.2) is 0 Å². The van der Waals surface area contributed by atoms with Gasteiger partial charge in [-0.05, 0) is 37.6 Å². The van der Waals surface area contributed by atoms with Gasteiger partial charge >= 0.3 is 6.18 Å². The predicted octanol–water partition coefficient (Wildman–Crippen LogP) is 4.07. The smallest absolute Gasteiger partial charge is 0.363 e. The second kappa shape index (κ2) is 8.93. The van der Waals surface area contributed by atoms with Crippen molar-refractivity contribution < 1.29 is 22.9 Å². The number of amides is 1. The third kappa shape index (κ3) is 5.13. The number of carbonyl (C=O) groups excluding carboxylic acids is 1. The molecule has 1 saturated heterocycles. The first-order valence-corrected chi connectivity index (χ1v) is 9.79. The summed E-state index contributed by atoms with van der Waals surface area (Å²) in [5, 5.41) is 14.3. The van der Waals surface area contributed by atoms with Crippen molar-refractivity contribution in [3.05, 3.63) is 63.7 Å². The van der Waals surface area contributed by atoms with Gasteiger partial charge in [0.2, 0.25) is 5.91 Å². The molecular formula is C21H23F3N4O3. The van der Waals surface area contributed by atoms with Crippen molar-refractivity contribution in [1.82, 2.24) is 4.90 Å². The molecule has 3 rings (SSSR count). The molecule has 2 aromatic rings. The molecule has 0 saturated carbocycles. The number of hydrogen-bond donors (Lipinski definition) is 1. The fourth-order valence-electron chi connectivity index (χ4n) is 3.58. The van der Waals surface area contributed by atoms with Crippen LogP contribution in [0, 0.1) is 17.0 Å². The van der Waals surface area contributed by atoms with Crippen LogP contribution in [-0.2, 0) is 11.0 Å². The summed E-state index contributed by atoms with van der Waals surface area (Å²) in [5.41, 5.74) is 0.201. The Balaban J connectivity index is 1.67. The van der Waals surface area contributed by atoms with Gasteiger partial charge in [0.25, 0.3) is 5.69 Å². The van der Waals surface area contributed by atoms with E-state index < -0.39 is 28.4 Å². The molecule has 1 unspecified atom stereocenters. The lowest BCUT2D eigenvalue weighted by atomic mass is 10.1. The highest BCUT2D eigenvalue weighted by Crippen LogP contribution is 2.36. The Morgan fingerprint density at radius 3 is 2.35 bits per heavy atom. The van der Waals surface area contributed by atoms with Crippen molar-refractivity contribution in [3.63, 3.8) is 0 Å². The molecule has 0 aliphatic carbocycles. The van der Waals surface area contributed by atoms with Crippen molar-refractivity contribution in [3.8, 4) is 0 Å². The number of anilines is 2. The zero-order valence-corrected chi connectivity index (χ0v) is 17.1. The molecule has 0 bridgehead atoms. The number of nitro benzene ring substituents is 1. The summed E-state index contributed by atoms with van der Waals surface area (Å²) in [5.74, 6) is -0.164. The van der Waals surface area contributed by atoms with Gasteiger partial charge in [-0.15, -0.1) is 0 Å². The molecule has 1 aliphatic rings. The molecule has 1 fully saturated rings. The number of rotatable bonds is 5. The molecular weight excluding hydrogens is 413 g/mol. The molecule has 31 heavy (non-hydrogen) atoms. The van der Waals surface area contributed by atoms with Gasteiger partial charge in [0, 0.05) is 37.9 Å². The van der Waals surface area contributed by atoms with E-state index in [1.807, 2.05) is 36.1 Å². The van der Waals surface area contributed by atoms with Crippen LogP contribution in [0.2, 0.25) is 0 Å². The van der Waals surface area contributed by atoms with Gasteiger partial charge in [-0.3, -0.25) is 19.8 Å². The summed E-state index contributed by atoms with van der Waals surface area (Å²) in [6, 6.07) is 9.58. The van der Waals surface area contributed by atoms with E-state index in [0.29, 0.717) is 32.2 Å². The van der Waals surface area contributed by atoms with Crippen LogP contribution in [0.25, 0.3) is 0 Å². The normalized spacial score (nSPS) is 16.1. The summed E-state index contributed by atoms with van der Waals surface area (Å²) in [6.07, 6.45) is -4.65. The first-order chi connectivity index (χ1) is 14.6. The van der Waals surface area contributed by atoms with E-state index in [-0.39, 0.29) is 11.6 Å². The highest BCUT2D eigenvalue weighted by molar-refractivity contribution is 5.95. The Morgan fingerprint density at radius 1 is 1.13 bits per heavy atom. The van der Waals surface area contributed by atoms with Crippen LogP contribution in [0.5, 0.6) is 0 Å². The van der Waals surface area contributed by atoms with Crippen molar-refractivity contribution in [1.29, 1.82) is 0 Å². The minimum atomic E-state index is -4.65. The van der Waals surface area contributed by atoms with Crippen molar-refractivity contribution in [2.45, 2.75) is 26.1 Å². The zero-order valence-electron chi connectivity index (χ0n) is 17.1. The summed E-state index contributed by atoms with van der Waals surface area (Å²) in [7, 11) is 0. The number of para-hydroxylation sites is 1. The lowest BCUT2D eigenvalue weighted by Crippen LogP contribution is -2.53. The van der Waals surface area contributed by atoms with Crippen LogP contribution < -0.4 is 10.2 Å². The van der Waals surface area contributed by atoms with Crippen LogP contribution in [0.15, 0.2) is 42.5 Å². The molecule has 0 aromatic heterocycles. The molecule has 1 atom stereocenters. The van der Waals surface area contributed by atoms with E-state index >= 15 is 0 Å². The Bertz CT molecular complexity index is 973. The maximum atomic E-state index is 12.9. The first-order valence-electron chi connectivity index (χ1n) is 9.79. The molecule has 7 nitrogen and oxygen atoms in total. The van der Waals surface area contributed by atoms with Crippen LogP contribution in [0.4, 0.5) is 30.2 Å². The number of nitrogens with zero attached hydrogens (tertiary/aromatic N) is 3. The minimum Gasteiger partial charge on any atom is -0.363 e. The highest BCUT2D eigenvalue weighted by Gasteiger charge is 2.34. The van der Waals surface area contributed by atoms with E-state index in [1.165, 1.54) is 0 Å². The van der Waals surface area contributed by atoms with Crippen LogP contribution in [0.3, 0.4) is 0 Å². The van der Waals surface area contributed by atoms with Gasteiger partial charge < -0.3 is 10.2 Å². The molecule has 2 aromatic carbocycles. The van der Waals surface area contributed by atoms with E-state index in [2.05, 4.69) is 5.32 Å². The van der Waals surface area contributed by atoms with Crippen LogP contribution in [0.1, 0.15) is 18.1 Å². The average Bonchev–Trinajstić information content (AvgIpc) is 2.73. The van der Waals surface area contributed by atoms with Crippen molar-refractivity contribution in [2.75, 3.05) is 36.4 Å². The fourth-order valence-corrected chi connectivity index (χ4v) is 3.58.